The van der Waals surface area contributed by atoms with Crippen molar-refractivity contribution in [2.45, 2.75) is 12.6 Å². The number of benzene rings is 1. The molecule has 21 heavy (non-hydrogen) atoms. The zero-order valence-corrected chi connectivity index (χ0v) is 13.0. The van der Waals surface area contributed by atoms with Crippen LogP contribution in [0.2, 0.25) is 10.0 Å². The van der Waals surface area contributed by atoms with Crippen LogP contribution < -0.4 is 10.1 Å². The standard InChI is InChI=1S/C13H16Cl2N4O2/c1-19-8-17-12(18-19)6-16-5-9(20)7-21-13-10(14)3-2-4-11(13)15/h2-4,8-9,16,20H,5-7H2,1H3. The minimum atomic E-state index is -0.693. The summed E-state index contributed by atoms with van der Waals surface area (Å²) in [6.07, 6.45) is 0.928. The van der Waals surface area contributed by atoms with Crippen molar-refractivity contribution in [3.63, 3.8) is 0 Å². The predicted octanol–water partition coefficient (Wildman–Crippen LogP) is 1.65. The van der Waals surface area contributed by atoms with Gasteiger partial charge in [-0.2, -0.15) is 5.10 Å². The molecule has 1 aromatic heterocycles. The molecule has 6 nitrogen and oxygen atoms in total. The van der Waals surface area contributed by atoms with Crippen molar-refractivity contribution in [1.29, 1.82) is 0 Å². The van der Waals surface area contributed by atoms with Gasteiger partial charge in [0, 0.05) is 13.6 Å². The molecular weight excluding hydrogens is 315 g/mol. The molecule has 0 spiro atoms. The number of rotatable bonds is 7. The molecule has 0 aliphatic rings. The molecule has 2 rings (SSSR count). The first kappa shape index (κ1) is 16.0. The van der Waals surface area contributed by atoms with Crippen molar-refractivity contribution in [2.75, 3.05) is 13.2 Å². The fourth-order valence-corrected chi connectivity index (χ4v) is 2.18. The van der Waals surface area contributed by atoms with Gasteiger partial charge >= 0.3 is 0 Å². The molecule has 0 aliphatic heterocycles. The van der Waals surface area contributed by atoms with E-state index in [0.717, 1.165) is 0 Å². The molecule has 0 radical (unpaired) electrons. The molecule has 1 aromatic carbocycles. The lowest BCUT2D eigenvalue weighted by molar-refractivity contribution is 0.106. The number of ether oxygens (including phenoxy) is 1. The molecule has 2 N–H and O–H groups in total. The number of para-hydroxylation sites is 1. The zero-order valence-electron chi connectivity index (χ0n) is 11.5. The van der Waals surface area contributed by atoms with E-state index in [0.29, 0.717) is 34.7 Å². The van der Waals surface area contributed by atoms with Crippen LogP contribution in [0.15, 0.2) is 24.5 Å². The van der Waals surface area contributed by atoms with E-state index in [2.05, 4.69) is 15.4 Å². The van der Waals surface area contributed by atoms with Gasteiger partial charge in [-0.05, 0) is 12.1 Å². The van der Waals surface area contributed by atoms with Gasteiger partial charge in [0.05, 0.1) is 16.6 Å². The largest absolute Gasteiger partial charge is 0.488 e. The Morgan fingerprint density at radius 1 is 1.38 bits per heavy atom. The maximum Gasteiger partial charge on any atom is 0.164 e. The number of hydrogen-bond donors (Lipinski definition) is 2. The summed E-state index contributed by atoms with van der Waals surface area (Å²) in [5.74, 6) is 1.05. The van der Waals surface area contributed by atoms with E-state index in [-0.39, 0.29) is 6.61 Å². The van der Waals surface area contributed by atoms with Gasteiger partial charge < -0.3 is 15.2 Å². The lowest BCUT2D eigenvalue weighted by atomic mass is 10.3. The first-order valence-electron chi connectivity index (χ1n) is 6.36. The SMILES string of the molecule is Cn1cnc(CNCC(O)COc2c(Cl)cccc2Cl)n1. The van der Waals surface area contributed by atoms with Crippen molar-refractivity contribution in [1.82, 2.24) is 20.1 Å². The normalized spacial score (nSPS) is 12.4. The highest BCUT2D eigenvalue weighted by Gasteiger charge is 2.10. The Bertz CT molecular complexity index is 571. The molecule has 0 bridgehead atoms. The molecule has 0 amide bonds. The minimum Gasteiger partial charge on any atom is -0.488 e. The smallest absolute Gasteiger partial charge is 0.164 e. The van der Waals surface area contributed by atoms with Gasteiger partial charge in [0.2, 0.25) is 0 Å². The van der Waals surface area contributed by atoms with Gasteiger partial charge in [-0.15, -0.1) is 0 Å². The van der Waals surface area contributed by atoms with E-state index in [1.165, 1.54) is 0 Å². The van der Waals surface area contributed by atoms with E-state index in [1.54, 1.807) is 36.3 Å². The van der Waals surface area contributed by atoms with Crippen LogP contribution in [0.1, 0.15) is 5.82 Å². The molecule has 2 aromatic rings. The highest BCUT2D eigenvalue weighted by molar-refractivity contribution is 6.37. The quantitative estimate of drug-likeness (QED) is 0.807. The predicted molar refractivity (Wildman–Crippen MR) is 80.7 cm³/mol. The van der Waals surface area contributed by atoms with Crippen LogP contribution in [0.25, 0.3) is 0 Å². The number of nitrogens with one attached hydrogen (secondary N) is 1. The second-order valence-corrected chi connectivity index (χ2v) is 5.30. The van der Waals surface area contributed by atoms with Crippen LogP contribution in [0.4, 0.5) is 0 Å². The Labute approximate surface area is 132 Å². The van der Waals surface area contributed by atoms with E-state index in [9.17, 15) is 5.11 Å². The average molecular weight is 331 g/mol. The molecule has 1 unspecified atom stereocenters. The molecule has 0 saturated carbocycles. The van der Waals surface area contributed by atoms with Crippen LogP contribution >= 0.6 is 23.2 Å². The van der Waals surface area contributed by atoms with Gasteiger partial charge in [0.25, 0.3) is 0 Å². The third-order valence-electron chi connectivity index (χ3n) is 2.65. The highest BCUT2D eigenvalue weighted by atomic mass is 35.5. The second-order valence-electron chi connectivity index (χ2n) is 4.48. The summed E-state index contributed by atoms with van der Waals surface area (Å²) >= 11 is 11.9. The summed E-state index contributed by atoms with van der Waals surface area (Å²) in [6.45, 7) is 0.914. The van der Waals surface area contributed by atoms with E-state index >= 15 is 0 Å². The number of aryl methyl sites for hydroxylation is 1. The highest BCUT2D eigenvalue weighted by Crippen LogP contribution is 2.32. The van der Waals surface area contributed by atoms with Crippen LogP contribution in [0.3, 0.4) is 0 Å². The maximum atomic E-state index is 9.86. The summed E-state index contributed by atoms with van der Waals surface area (Å²) in [5, 5.41) is 17.9. The first-order chi connectivity index (χ1) is 10.1. The average Bonchev–Trinajstić information content (AvgIpc) is 2.84. The zero-order chi connectivity index (χ0) is 15.2. The van der Waals surface area contributed by atoms with Crippen LogP contribution in [0.5, 0.6) is 5.75 Å². The maximum absolute atomic E-state index is 9.86. The molecule has 0 aliphatic carbocycles. The number of aromatic nitrogens is 3. The fourth-order valence-electron chi connectivity index (χ4n) is 1.67. The Morgan fingerprint density at radius 3 is 2.71 bits per heavy atom. The van der Waals surface area contributed by atoms with Crippen molar-refractivity contribution < 1.29 is 9.84 Å². The Morgan fingerprint density at radius 2 is 2.10 bits per heavy atom. The lowest BCUT2D eigenvalue weighted by Crippen LogP contribution is -2.31. The summed E-state index contributed by atoms with van der Waals surface area (Å²) in [6, 6.07) is 5.09. The number of hydrogen-bond acceptors (Lipinski definition) is 5. The fraction of sp³-hybridized carbons (Fsp3) is 0.385. The Balaban J connectivity index is 1.73. The van der Waals surface area contributed by atoms with Crippen LogP contribution in [-0.2, 0) is 13.6 Å². The van der Waals surface area contributed by atoms with Crippen LogP contribution in [0, 0.1) is 0 Å². The van der Waals surface area contributed by atoms with Crippen molar-refractivity contribution in [3.8, 4) is 5.75 Å². The Kier molecular flexibility index (Phi) is 5.81. The number of aliphatic hydroxyl groups is 1. The van der Waals surface area contributed by atoms with E-state index < -0.39 is 6.10 Å². The second kappa shape index (κ2) is 7.61. The third kappa shape index (κ3) is 4.86. The summed E-state index contributed by atoms with van der Waals surface area (Å²) in [5.41, 5.74) is 0. The number of halogens is 2. The van der Waals surface area contributed by atoms with E-state index in [1.807, 2.05) is 0 Å². The third-order valence-corrected chi connectivity index (χ3v) is 3.24. The lowest BCUT2D eigenvalue weighted by Gasteiger charge is -2.14. The molecule has 8 heteroatoms. The van der Waals surface area contributed by atoms with Gasteiger partial charge in [-0.1, -0.05) is 29.3 Å². The molecule has 1 heterocycles. The first-order valence-corrected chi connectivity index (χ1v) is 7.12. The topological polar surface area (TPSA) is 72.2 Å². The summed E-state index contributed by atoms with van der Waals surface area (Å²) in [4.78, 5) is 4.07. The molecule has 1 atom stereocenters. The number of nitrogens with zero attached hydrogens (tertiary/aromatic N) is 3. The monoisotopic (exact) mass is 330 g/mol. The molecule has 0 saturated heterocycles. The summed E-state index contributed by atoms with van der Waals surface area (Å²) in [7, 11) is 1.80. The van der Waals surface area contributed by atoms with Gasteiger partial charge in [0.15, 0.2) is 11.6 Å². The van der Waals surface area contributed by atoms with E-state index in [4.69, 9.17) is 27.9 Å². The molecule has 0 fully saturated rings. The van der Waals surface area contributed by atoms with Gasteiger partial charge in [-0.25, -0.2) is 4.98 Å². The van der Waals surface area contributed by atoms with Gasteiger partial charge in [0.1, 0.15) is 19.0 Å². The Hall–Kier alpha value is -1.34. The summed E-state index contributed by atoms with van der Waals surface area (Å²) < 4.78 is 7.07. The van der Waals surface area contributed by atoms with Crippen molar-refractivity contribution >= 4 is 23.2 Å². The van der Waals surface area contributed by atoms with Crippen LogP contribution in [-0.4, -0.2) is 39.1 Å². The molecule has 114 valence electrons. The molecular formula is C13H16Cl2N4O2. The van der Waals surface area contributed by atoms with Crippen molar-refractivity contribution in [3.05, 3.63) is 40.4 Å². The minimum absolute atomic E-state index is 0.0894. The van der Waals surface area contributed by atoms with Gasteiger partial charge in [-0.3, -0.25) is 4.68 Å². The number of aliphatic hydroxyl groups excluding tert-OH is 1. The van der Waals surface area contributed by atoms with Crippen molar-refractivity contribution in [2.24, 2.45) is 7.05 Å².